The fourth-order valence-corrected chi connectivity index (χ4v) is 5.99. The summed E-state index contributed by atoms with van der Waals surface area (Å²) in [6.45, 7) is 0.386. The van der Waals surface area contributed by atoms with E-state index < -0.39 is 40.2 Å². The van der Waals surface area contributed by atoms with E-state index in [1.54, 1.807) is 23.1 Å². The summed E-state index contributed by atoms with van der Waals surface area (Å²) < 4.78 is 15.4. The zero-order valence-electron chi connectivity index (χ0n) is 17.3. The molecule has 1 amide bonds. The molecular weight excluding hydrogens is 484 g/mol. The van der Waals surface area contributed by atoms with Gasteiger partial charge in [0.1, 0.15) is 17.6 Å². The second kappa shape index (κ2) is 8.91. The summed E-state index contributed by atoms with van der Waals surface area (Å²) in [6, 6.07) is 6.85. The number of amides is 1. The second-order valence-corrected chi connectivity index (χ2v) is 9.72. The summed E-state index contributed by atoms with van der Waals surface area (Å²) >= 11 is 12.2. The van der Waals surface area contributed by atoms with E-state index in [9.17, 15) is 19.7 Å². The third kappa shape index (κ3) is 3.51. The number of halogens is 3. The summed E-state index contributed by atoms with van der Waals surface area (Å²) in [5.41, 5.74) is -0.687. The molecular formula is C24H24Cl2FN3O4. The molecule has 1 N–H and O–H groups in total. The van der Waals surface area contributed by atoms with E-state index in [0.29, 0.717) is 29.1 Å². The zero-order chi connectivity index (χ0) is 23.5. The van der Waals surface area contributed by atoms with Gasteiger partial charge in [0.05, 0.1) is 17.0 Å². The third-order valence-electron chi connectivity index (χ3n) is 7.08. The van der Waals surface area contributed by atoms with Crippen LogP contribution in [0.15, 0.2) is 36.4 Å². The maximum atomic E-state index is 15.4. The quantitative estimate of drug-likeness (QED) is 0.336. The van der Waals surface area contributed by atoms with Crippen molar-refractivity contribution in [3.8, 4) is 0 Å². The lowest BCUT2D eigenvalue weighted by Gasteiger charge is -2.38. The van der Waals surface area contributed by atoms with E-state index in [-0.39, 0.29) is 30.4 Å². The first kappa shape index (κ1) is 24.6. The van der Waals surface area contributed by atoms with Gasteiger partial charge in [-0.05, 0) is 37.0 Å². The molecule has 2 aliphatic heterocycles. The Morgan fingerprint density at radius 2 is 2.00 bits per heavy atom. The summed E-state index contributed by atoms with van der Waals surface area (Å²) in [5.74, 6) is -2.26. The molecule has 1 spiro atoms. The largest absolute Gasteiger partial charge is 0.324 e. The van der Waals surface area contributed by atoms with Gasteiger partial charge in [-0.1, -0.05) is 48.8 Å². The Bertz CT molecular complexity index is 1170. The molecule has 3 aliphatic rings. The zero-order valence-corrected chi connectivity index (χ0v) is 18.9. The number of hydrogen-bond acceptors (Lipinski definition) is 5. The molecule has 10 heteroatoms. The Balaban J connectivity index is 0.00000274. The van der Waals surface area contributed by atoms with Gasteiger partial charge in [-0.15, -0.1) is 0 Å². The van der Waals surface area contributed by atoms with Gasteiger partial charge in [-0.25, -0.2) is 4.39 Å². The number of aldehydes is 1. The Labute approximate surface area is 206 Å². The molecule has 1 saturated carbocycles. The van der Waals surface area contributed by atoms with Crippen LogP contribution in [0, 0.1) is 21.8 Å². The predicted octanol–water partition coefficient (Wildman–Crippen LogP) is 5.03. The first-order valence-electron chi connectivity index (χ1n) is 10.7. The van der Waals surface area contributed by atoms with Crippen LogP contribution in [0.1, 0.15) is 43.7 Å². The first-order valence-corrected chi connectivity index (χ1v) is 11.5. The first-order chi connectivity index (χ1) is 15.8. The average Bonchev–Trinajstić information content (AvgIpc) is 3.48. The minimum atomic E-state index is -1.58. The smallest absolute Gasteiger partial charge is 0.250 e. The van der Waals surface area contributed by atoms with Gasteiger partial charge < -0.3 is 10.1 Å². The van der Waals surface area contributed by atoms with Crippen LogP contribution in [0.3, 0.4) is 0 Å². The van der Waals surface area contributed by atoms with Gasteiger partial charge in [-0.2, -0.15) is 0 Å². The van der Waals surface area contributed by atoms with Gasteiger partial charge in [0.25, 0.3) is 5.91 Å². The molecule has 0 unspecified atom stereocenters. The average molecular weight is 508 g/mol. The molecule has 2 fully saturated rings. The Hall–Kier alpha value is -2.55. The molecule has 2 aromatic rings. The summed E-state index contributed by atoms with van der Waals surface area (Å²) in [5, 5.41) is 15.5. The number of hydrogen-bond donors (Lipinski definition) is 1. The monoisotopic (exact) mass is 507 g/mol. The molecule has 1 aliphatic carbocycles. The number of nitro groups is 1. The van der Waals surface area contributed by atoms with Crippen molar-refractivity contribution in [2.45, 2.75) is 50.2 Å². The van der Waals surface area contributed by atoms with Gasteiger partial charge in [-0.3, -0.25) is 19.8 Å². The van der Waals surface area contributed by atoms with E-state index in [4.69, 9.17) is 23.2 Å². The van der Waals surface area contributed by atoms with Crippen LogP contribution in [0.2, 0.25) is 10.0 Å². The molecule has 0 bridgehead atoms. The highest BCUT2D eigenvalue weighted by molar-refractivity contribution is 6.31. The topological polar surface area (TPSA) is 92.5 Å². The molecule has 5 rings (SSSR count). The molecule has 4 atom stereocenters. The second-order valence-electron chi connectivity index (χ2n) is 8.87. The summed E-state index contributed by atoms with van der Waals surface area (Å²) in [4.78, 5) is 39.2. The Kier molecular flexibility index (Phi) is 6.44. The van der Waals surface area contributed by atoms with Crippen molar-refractivity contribution in [2.24, 2.45) is 5.92 Å². The lowest BCUT2D eigenvalue weighted by atomic mass is 9.73. The van der Waals surface area contributed by atoms with E-state index in [2.05, 4.69) is 5.32 Å². The lowest BCUT2D eigenvalue weighted by Crippen LogP contribution is -2.52. The Morgan fingerprint density at radius 3 is 2.65 bits per heavy atom. The standard InChI is InChI=1S/C23H20Cl2FN3O4.CH4/c24-13-6-7-15-17(10-13)27-22(31)23(15)19(14-2-1-3-16(25)20(14)26)21(29(32)33)18(8-9-30)28(23)11-12-4-5-12;/h1-3,6-7,9-10,12,18-19,21H,4-5,8,11H2,(H,27,31);1H4/t18-,19-,21+,23+;/m0./s1. The number of rotatable bonds is 6. The SMILES string of the molecule is C.O=CC[C@H]1[C@@H]([N+](=O)[O-])[C@H](c2cccc(Cl)c2F)[C@]2(C(=O)Nc3cc(Cl)ccc32)N1CC1CC1. The Morgan fingerprint density at radius 1 is 1.26 bits per heavy atom. The van der Waals surface area contributed by atoms with Crippen LogP contribution >= 0.6 is 23.2 Å². The van der Waals surface area contributed by atoms with Crippen molar-refractivity contribution >= 4 is 41.1 Å². The minimum Gasteiger partial charge on any atom is -0.324 e. The number of carbonyl (C=O) groups is 2. The van der Waals surface area contributed by atoms with Crippen molar-refractivity contribution in [1.82, 2.24) is 4.90 Å². The molecule has 7 nitrogen and oxygen atoms in total. The van der Waals surface area contributed by atoms with Crippen molar-refractivity contribution < 1.29 is 18.9 Å². The maximum Gasteiger partial charge on any atom is 0.250 e. The number of carbonyl (C=O) groups excluding carboxylic acids is 2. The molecule has 2 heterocycles. The fourth-order valence-electron chi connectivity index (χ4n) is 5.64. The van der Waals surface area contributed by atoms with E-state index in [1.807, 2.05) is 0 Å². The third-order valence-corrected chi connectivity index (χ3v) is 7.60. The molecule has 0 aromatic heterocycles. The van der Waals surface area contributed by atoms with Crippen molar-refractivity contribution in [2.75, 3.05) is 11.9 Å². The van der Waals surface area contributed by atoms with E-state index in [0.717, 1.165) is 12.8 Å². The maximum absolute atomic E-state index is 15.4. The molecule has 1 saturated heterocycles. The van der Waals surface area contributed by atoms with E-state index >= 15 is 4.39 Å². The lowest BCUT2D eigenvalue weighted by molar-refractivity contribution is -0.528. The number of benzene rings is 2. The van der Waals surface area contributed by atoms with Crippen LogP contribution in [0.4, 0.5) is 10.1 Å². The number of likely N-dealkylation sites (tertiary alicyclic amines) is 1. The highest BCUT2D eigenvalue weighted by Crippen LogP contribution is 2.59. The number of nitrogens with zero attached hydrogens (tertiary/aromatic N) is 2. The van der Waals surface area contributed by atoms with Crippen molar-refractivity contribution in [3.63, 3.8) is 0 Å². The number of nitrogens with one attached hydrogen (secondary N) is 1. The summed E-state index contributed by atoms with van der Waals surface area (Å²) in [7, 11) is 0. The normalized spacial score (nSPS) is 27.9. The number of fused-ring (bicyclic) bond motifs is 2. The van der Waals surface area contributed by atoms with Gasteiger partial charge in [0.15, 0.2) is 0 Å². The molecule has 0 radical (unpaired) electrons. The van der Waals surface area contributed by atoms with Gasteiger partial charge in [0, 0.05) is 39.7 Å². The van der Waals surface area contributed by atoms with Crippen LogP contribution in [0.25, 0.3) is 0 Å². The highest BCUT2D eigenvalue weighted by atomic mass is 35.5. The van der Waals surface area contributed by atoms with Crippen LogP contribution < -0.4 is 5.32 Å². The highest BCUT2D eigenvalue weighted by Gasteiger charge is 2.71. The summed E-state index contributed by atoms with van der Waals surface area (Å²) in [6.07, 6.45) is 2.32. The number of anilines is 1. The predicted molar refractivity (Wildman–Crippen MR) is 127 cm³/mol. The van der Waals surface area contributed by atoms with Gasteiger partial charge >= 0.3 is 0 Å². The van der Waals surface area contributed by atoms with Crippen LogP contribution in [0.5, 0.6) is 0 Å². The molecule has 2 aromatic carbocycles. The minimum absolute atomic E-state index is 0. The van der Waals surface area contributed by atoms with Crippen LogP contribution in [-0.2, 0) is 15.1 Å². The van der Waals surface area contributed by atoms with Gasteiger partial charge in [0.2, 0.25) is 6.04 Å². The fraction of sp³-hybridized carbons (Fsp3) is 0.417. The molecule has 180 valence electrons. The van der Waals surface area contributed by atoms with E-state index in [1.165, 1.54) is 18.2 Å². The van der Waals surface area contributed by atoms with Crippen molar-refractivity contribution in [1.29, 1.82) is 0 Å². The van der Waals surface area contributed by atoms with Crippen molar-refractivity contribution in [3.05, 3.63) is 73.5 Å². The molecule has 34 heavy (non-hydrogen) atoms. The van der Waals surface area contributed by atoms with Crippen LogP contribution in [-0.4, -0.2) is 40.6 Å².